The zero-order chi connectivity index (χ0) is 16.4. The van der Waals surface area contributed by atoms with Gasteiger partial charge >= 0.3 is 5.97 Å². The SMILES string of the molecule is CC1C(C)C2CC1C1C3CC(CC(=O)OCC4COCO4)C(C3)C21. The lowest BCUT2D eigenvalue weighted by atomic mass is 9.62. The molecule has 1 heterocycles. The maximum Gasteiger partial charge on any atom is 0.306 e. The van der Waals surface area contributed by atoms with Crippen LogP contribution in [-0.4, -0.2) is 32.1 Å². The molecule has 0 amide bonds. The summed E-state index contributed by atoms with van der Waals surface area (Å²) >= 11 is 0. The highest BCUT2D eigenvalue weighted by molar-refractivity contribution is 5.69. The van der Waals surface area contributed by atoms with Crippen molar-refractivity contribution in [3.8, 4) is 0 Å². The van der Waals surface area contributed by atoms with Gasteiger partial charge in [-0.2, -0.15) is 0 Å². The molecule has 1 aliphatic heterocycles. The van der Waals surface area contributed by atoms with Crippen LogP contribution >= 0.6 is 0 Å². The zero-order valence-electron chi connectivity index (χ0n) is 14.9. The van der Waals surface area contributed by atoms with E-state index in [4.69, 9.17) is 14.2 Å². The maximum absolute atomic E-state index is 12.3. The van der Waals surface area contributed by atoms with E-state index in [1.165, 1.54) is 19.3 Å². The van der Waals surface area contributed by atoms with Crippen LogP contribution in [0.25, 0.3) is 0 Å². The van der Waals surface area contributed by atoms with Crippen molar-refractivity contribution in [2.75, 3.05) is 20.0 Å². The van der Waals surface area contributed by atoms with Crippen LogP contribution in [-0.2, 0) is 19.0 Å². The highest BCUT2D eigenvalue weighted by Gasteiger charge is 2.65. The van der Waals surface area contributed by atoms with E-state index in [2.05, 4.69) is 13.8 Å². The molecule has 0 radical (unpaired) electrons. The summed E-state index contributed by atoms with van der Waals surface area (Å²) in [5.74, 6) is 7.89. The molecule has 24 heavy (non-hydrogen) atoms. The van der Waals surface area contributed by atoms with Gasteiger partial charge in [0.15, 0.2) is 0 Å². The van der Waals surface area contributed by atoms with Gasteiger partial charge < -0.3 is 14.2 Å². The Morgan fingerprint density at radius 1 is 1.04 bits per heavy atom. The number of ether oxygens (including phenoxy) is 3. The van der Waals surface area contributed by atoms with Crippen molar-refractivity contribution in [1.82, 2.24) is 0 Å². The topological polar surface area (TPSA) is 44.8 Å². The van der Waals surface area contributed by atoms with Gasteiger partial charge in [-0.1, -0.05) is 13.8 Å². The van der Waals surface area contributed by atoms with Gasteiger partial charge in [-0.25, -0.2) is 0 Å². The summed E-state index contributed by atoms with van der Waals surface area (Å²) in [6.07, 6.45) is 4.69. The lowest BCUT2D eigenvalue weighted by Gasteiger charge is -2.43. The van der Waals surface area contributed by atoms with E-state index in [9.17, 15) is 4.79 Å². The third-order valence-electron chi connectivity index (χ3n) is 8.53. The highest BCUT2D eigenvalue weighted by Crippen LogP contribution is 2.71. The molecule has 0 spiro atoms. The standard InChI is InChI=1S/C20H30O4/c1-10-11(2)16-6-15(10)19-13-3-12(17(4-13)20(16)19)5-18(21)23-8-14-7-22-9-24-14/h10-17,19-20H,3-9H2,1-2H3. The fourth-order valence-electron chi connectivity index (χ4n) is 7.53. The second kappa shape index (κ2) is 5.70. The minimum absolute atomic E-state index is 0.0239. The Bertz CT molecular complexity index is 514. The fourth-order valence-corrected chi connectivity index (χ4v) is 7.53. The molecule has 5 rings (SSSR count). The predicted molar refractivity (Wildman–Crippen MR) is 87.9 cm³/mol. The molecular weight excluding hydrogens is 304 g/mol. The van der Waals surface area contributed by atoms with Crippen molar-refractivity contribution in [3.63, 3.8) is 0 Å². The Morgan fingerprint density at radius 2 is 1.83 bits per heavy atom. The second-order valence-electron chi connectivity index (χ2n) is 9.26. The number of fused-ring (bicyclic) bond motifs is 9. The summed E-state index contributed by atoms with van der Waals surface area (Å²) in [6.45, 7) is 6.19. The van der Waals surface area contributed by atoms with Gasteiger partial charge in [0, 0.05) is 6.42 Å². The molecule has 5 aliphatic rings. The third-order valence-corrected chi connectivity index (χ3v) is 8.53. The Hall–Kier alpha value is -0.610. The van der Waals surface area contributed by atoms with Crippen molar-refractivity contribution in [2.24, 2.45) is 53.3 Å². The molecule has 0 aromatic heterocycles. The minimum Gasteiger partial charge on any atom is -0.463 e. The molecule has 4 aliphatic carbocycles. The Labute approximate surface area is 144 Å². The predicted octanol–water partition coefficient (Wildman–Crippen LogP) is 3.10. The largest absolute Gasteiger partial charge is 0.463 e. The molecule has 1 saturated heterocycles. The molecule has 0 aromatic rings. The molecule has 134 valence electrons. The zero-order valence-corrected chi connectivity index (χ0v) is 14.9. The van der Waals surface area contributed by atoms with E-state index >= 15 is 0 Å². The van der Waals surface area contributed by atoms with Crippen LogP contribution in [0.5, 0.6) is 0 Å². The van der Waals surface area contributed by atoms with Crippen molar-refractivity contribution < 1.29 is 19.0 Å². The number of hydrogen-bond acceptors (Lipinski definition) is 4. The summed E-state index contributed by atoms with van der Waals surface area (Å²) in [4.78, 5) is 12.3. The van der Waals surface area contributed by atoms with Gasteiger partial charge in [-0.3, -0.25) is 4.79 Å². The van der Waals surface area contributed by atoms with Crippen molar-refractivity contribution >= 4 is 5.97 Å². The number of carbonyl (C=O) groups is 1. The maximum atomic E-state index is 12.3. The smallest absolute Gasteiger partial charge is 0.306 e. The summed E-state index contributed by atoms with van der Waals surface area (Å²) in [5, 5.41) is 0. The second-order valence-corrected chi connectivity index (χ2v) is 9.26. The van der Waals surface area contributed by atoms with Gasteiger partial charge in [0.1, 0.15) is 19.5 Å². The van der Waals surface area contributed by atoms with E-state index in [0.717, 1.165) is 47.3 Å². The highest BCUT2D eigenvalue weighted by atomic mass is 16.7. The number of rotatable bonds is 4. The van der Waals surface area contributed by atoms with E-state index in [1.807, 2.05) is 0 Å². The summed E-state index contributed by atoms with van der Waals surface area (Å²) in [5.41, 5.74) is 0. The summed E-state index contributed by atoms with van der Waals surface area (Å²) < 4.78 is 15.9. The van der Waals surface area contributed by atoms with Crippen LogP contribution in [0.4, 0.5) is 0 Å². The lowest BCUT2D eigenvalue weighted by molar-refractivity contribution is -0.148. The van der Waals surface area contributed by atoms with E-state index < -0.39 is 0 Å². The van der Waals surface area contributed by atoms with Crippen molar-refractivity contribution in [3.05, 3.63) is 0 Å². The average Bonchev–Trinajstić information content (AvgIpc) is 3.32. The Morgan fingerprint density at radius 3 is 2.58 bits per heavy atom. The van der Waals surface area contributed by atoms with Gasteiger partial charge in [-0.15, -0.1) is 0 Å². The minimum atomic E-state index is -0.0636. The molecule has 4 bridgehead atoms. The first kappa shape index (κ1) is 15.6. The molecule has 5 fully saturated rings. The van der Waals surface area contributed by atoms with Gasteiger partial charge in [0.05, 0.1) is 6.61 Å². The van der Waals surface area contributed by atoms with Gasteiger partial charge in [-0.05, 0) is 72.5 Å². The molecule has 0 N–H and O–H groups in total. The molecule has 4 saturated carbocycles. The van der Waals surface area contributed by atoms with Crippen LogP contribution in [0, 0.1) is 53.3 Å². The summed E-state index contributed by atoms with van der Waals surface area (Å²) in [6, 6.07) is 0. The normalized spacial score (nSPS) is 54.4. The first-order valence-electron chi connectivity index (χ1n) is 9.98. The quantitative estimate of drug-likeness (QED) is 0.585. The number of carbonyl (C=O) groups excluding carboxylic acids is 1. The van der Waals surface area contributed by atoms with Crippen LogP contribution in [0.3, 0.4) is 0 Å². The van der Waals surface area contributed by atoms with E-state index in [1.54, 1.807) is 0 Å². The van der Waals surface area contributed by atoms with Crippen LogP contribution in [0.1, 0.15) is 39.5 Å². The summed E-state index contributed by atoms with van der Waals surface area (Å²) in [7, 11) is 0. The molecule has 10 unspecified atom stereocenters. The average molecular weight is 334 g/mol. The van der Waals surface area contributed by atoms with Crippen LogP contribution in [0.15, 0.2) is 0 Å². The van der Waals surface area contributed by atoms with E-state index in [0.29, 0.717) is 32.3 Å². The molecule has 10 atom stereocenters. The van der Waals surface area contributed by atoms with Crippen molar-refractivity contribution in [2.45, 2.75) is 45.6 Å². The number of hydrogen-bond donors (Lipinski definition) is 0. The van der Waals surface area contributed by atoms with Gasteiger partial charge in [0.2, 0.25) is 0 Å². The van der Waals surface area contributed by atoms with Crippen LogP contribution in [0.2, 0.25) is 0 Å². The lowest BCUT2D eigenvalue weighted by Crippen LogP contribution is -2.39. The third kappa shape index (κ3) is 2.21. The van der Waals surface area contributed by atoms with E-state index in [-0.39, 0.29) is 12.1 Å². The Balaban J connectivity index is 1.19. The van der Waals surface area contributed by atoms with Crippen molar-refractivity contribution in [1.29, 1.82) is 0 Å². The van der Waals surface area contributed by atoms with Crippen LogP contribution < -0.4 is 0 Å². The Kier molecular flexibility index (Phi) is 3.71. The molecular formula is C20H30O4. The molecule has 0 aromatic carbocycles. The van der Waals surface area contributed by atoms with Gasteiger partial charge in [0.25, 0.3) is 0 Å². The fraction of sp³-hybridized carbons (Fsp3) is 0.950. The first-order chi connectivity index (χ1) is 11.6. The molecule has 4 heteroatoms. The molecule has 4 nitrogen and oxygen atoms in total. The monoisotopic (exact) mass is 334 g/mol. The number of esters is 1. The first-order valence-corrected chi connectivity index (χ1v) is 9.98.